The Morgan fingerprint density at radius 2 is 2.00 bits per heavy atom. The first-order chi connectivity index (χ1) is 16.0. The maximum Gasteiger partial charge on any atom is 0.249 e. The summed E-state index contributed by atoms with van der Waals surface area (Å²) in [6, 6.07) is 7.89. The van der Waals surface area contributed by atoms with Gasteiger partial charge < -0.3 is 20.4 Å². The van der Waals surface area contributed by atoms with Gasteiger partial charge in [0.15, 0.2) is 11.6 Å². The van der Waals surface area contributed by atoms with Gasteiger partial charge in [0.1, 0.15) is 12.1 Å². The molecule has 0 atom stereocenters. The normalized spacial score (nSPS) is 15.1. The number of fused-ring (bicyclic) bond motifs is 2. The van der Waals surface area contributed by atoms with Crippen molar-refractivity contribution in [3.05, 3.63) is 76.8 Å². The van der Waals surface area contributed by atoms with E-state index in [-0.39, 0.29) is 24.0 Å². The summed E-state index contributed by atoms with van der Waals surface area (Å²) in [4.78, 5) is 17.4. The second-order valence-corrected chi connectivity index (χ2v) is 8.91. The first-order valence-corrected chi connectivity index (χ1v) is 11.5. The number of nitrogens with one attached hydrogen (secondary N) is 1. The minimum absolute atomic E-state index is 0. The Hall–Kier alpha value is -3.06. The number of hydrogen-bond donors (Lipinski definition) is 2. The maximum absolute atomic E-state index is 14.3. The second kappa shape index (κ2) is 10.1. The van der Waals surface area contributed by atoms with Gasteiger partial charge in [-0.2, -0.15) is 0 Å². The highest BCUT2D eigenvalue weighted by atomic mass is 35.5. The monoisotopic (exact) mass is 487 g/mol. The van der Waals surface area contributed by atoms with Crippen molar-refractivity contribution in [2.45, 2.75) is 51.0 Å². The molecule has 5 nitrogen and oxygen atoms in total. The molecule has 34 heavy (non-hydrogen) atoms. The number of rotatable bonds is 8. The maximum atomic E-state index is 14.3. The molecular formula is C26H28ClF2N3O2. The van der Waals surface area contributed by atoms with Crippen LogP contribution in [-0.4, -0.2) is 28.4 Å². The molecule has 0 saturated heterocycles. The van der Waals surface area contributed by atoms with Crippen LogP contribution in [0.1, 0.15) is 53.6 Å². The Morgan fingerprint density at radius 1 is 1.18 bits per heavy atom. The summed E-state index contributed by atoms with van der Waals surface area (Å²) in [5.74, 6) is -1.21. The third kappa shape index (κ3) is 4.62. The molecule has 5 rings (SSSR count). The zero-order valence-corrected chi connectivity index (χ0v) is 19.6. The fraction of sp³-hybridized carbons (Fsp3) is 0.346. The van der Waals surface area contributed by atoms with E-state index < -0.39 is 11.7 Å². The van der Waals surface area contributed by atoms with Crippen LogP contribution >= 0.6 is 12.4 Å². The van der Waals surface area contributed by atoms with Crippen molar-refractivity contribution in [2.24, 2.45) is 5.73 Å². The van der Waals surface area contributed by atoms with Crippen LogP contribution < -0.4 is 10.5 Å². The van der Waals surface area contributed by atoms with Crippen LogP contribution in [0.2, 0.25) is 0 Å². The molecule has 1 aliphatic heterocycles. The highest BCUT2D eigenvalue weighted by Gasteiger charge is 2.30. The van der Waals surface area contributed by atoms with Crippen LogP contribution in [0, 0.1) is 11.6 Å². The van der Waals surface area contributed by atoms with Crippen molar-refractivity contribution in [1.82, 2.24) is 9.88 Å². The van der Waals surface area contributed by atoms with Gasteiger partial charge in [-0.1, -0.05) is 0 Å². The lowest BCUT2D eigenvalue weighted by Crippen LogP contribution is -2.41. The van der Waals surface area contributed by atoms with E-state index in [0.717, 1.165) is 60.8 Å². The Labute approximate surface area is 203 Å². The smallest absolute Gasteiger partial charge is 0.249 e. The molecule has 2 aromatic carbocycles. The number of aryl methyl sites for hydroxylation is 1. The van der Waals surface area contributed by atoms with Gasteiger partial charge in [-0.3, -0.25) is 4.79 Å². The summed E-state index contributed by atoms with van der Waals surface area (Å²) in [6.07, 6.45) is 10.2. The van der Waals surface area contributed by atoms with Gasteiger partial charge in [0.25, 0.3) is 0 Å². The molecule has 0 bridgehead atoms. The van der Waals surface area contributed by atoms with Gasteiger partial charge >= 0.3 is 0 Å². The van der Waals surface area contributed by atoms with E-state index in [9.17, 15) is 13.6 Å². The summed E-state index contributed by atoms with van der Waals surface area (Å²) in [5, 5.41) is 0.937. The van der Waals surface area contributed by atoms with E-state index >= 15 is 0 Å². The van der Waals surface area contributed by atoms with E-state index in [0.29, 0.717) is 23.6 Å². The number of amides is 1. The first kappa shape index (κ1) is 24.1. The number of hydrogen-bond acceptors (Lipinski definition) is 3. The number of aromatic amines is 1. The second-order valence-electron chi connectivity index (χ2n) is 8.91. The fourth-order valence-electron chi connectivity index (χ4n) is 4.87. The molecular weight excluding hydrogens is 460 g/mol. The predicted molar refractivity (Wildman–Crippen MR) is 130 cm³/mol. The fourth-order valence-corrected chi connectivity index (χ4v) is 4.87. The molecule has 1 amide bonds. The zero-order chi connectivity index (χ0) is 22.9. The average Bonchev–Trinajstić information content (AvgIpc) is 3.16. The molecule has 1 fully saturated rings. The summed E-state index contributed by atoms with van der Waals surface area (Å²) in [6.45, 7) is 0.840. The molecule has 2 heterocycles. The Morgan fingerprint density at radius 3 is 2.74 bits per heavy atom. The predicted octanol–water partition coefficient (Wildman–Crippen LogP) is 5.62. The van der Waals surface area contributed by atoms with Crippen molar-refractivity contribution in [3.63, 3.8) is 0 Å². The molecule has 1 aromatic heterocycles. The van der Waals surface area contributed by atoms with Crippen molar-refractivity contribution >= 4 is 29.2 Å². The van der Waals surface area contributed by atoms with Crippen LogP contribution in [0.3, 0.4) is 0 Å². The highest BCUT2D eigenvalue weighted by Crippen LogP contribution is 2.36. The molecule has 1 saturated carbocycles. The number of benzene rings is 2. The van der Waals surface area contributed by atoms with Crippen molar-refractivity contribution < 1.29 is 18.3 Å². The van der Waals surface area contributed by atoms with Gasteiger partial charge in [0, 0.05) is 47.2 Å². The number of carbonyl (C=O) groups excluding carboxylic acids is 1. The minimum Gasteiger partial charge on any atom is -0.460 e. The van der Waals surface area contributed by atoms with Crippen LogP contribution in [-0.2, 0) is 12.8 Å². The highest BCUT2D eigenvalue weighted by molar-refractivity contribution is 5.95. The largest absolute Gasteiger partial charge is 0.460 e. The van der Waals surface area contributed by atoms with Crippen molar-refractivity contribution in [1.29, 1.82) is 0 Å². The summed E-state index contributed by atoms with van der Waals surface area (Å²) in [5.41, 5.74) is 9.37. The quantitative estimate of drug-likeness (QED) is 0.405. The number of nitrogens with zero attached hydrogens (tertiary/aromatic N) is 1. The molecule has 0 radical (unpaired) electrons. The Bertz CT molecular complexity index is 1240. The number of allylic oxidation sites excluding steroid dienone is 1. The molecule has 180 valence electrons. The SMILES string of the molecule is Cl.NC(=O)c1ccc(F)c2c1CC(N(CCCCc1c[nH]c3ccc(F)cc13)C1CCC1)=CO2. The number of ether oxygens (including phenoxy) is 1. The number of carbonyl (C=O) groups is 1. The topological polar surface area (TPSA) is 71.4 Å². The molecule has 8 heteroatoms. The summed E-state index contributed by atoms with van der Waals surface area (Å²) < 4.78 is 33.6. The van der Waals surface area contributed by atoms with E-state index in [2.05, 4.69) is 9.88 Å². The summed E-state index contributed by atoms with van der Waals surface area (Å²) >= 11 is 0. The van der Waals surface area contributed by atoms with E-state index in [1.165, 1.54) is 24.6 Å². The average molecular weight is 488 g/mol. The molecule has 3 aromatic rings. The van der Waals surface area contributed by atoms with Gasteiger partial charge in [0.05, 0.1) is 5.70 Å². The number of primary amides is 1. The van der Waals surface area contributed by atoms with E-state index in [1.54, 1.807) is 18.4 Å². The molecule has 1 aliphatic carbocycles. The minimum atomic E-state index is -0.582. The Balaban J connectivity index is 0.00000274. The van der Waals surface area contributed by atoms with Crippen LogP contribution in [0.15, 0.2) is 48.5 Å². The standard InChI is InChI=1S/C26H27F2N3O2.ClH/c27-17-7-10-24-21(12-17)16(14-30-24)4-1-2-11-31(18-5-3-6-18)19-13-22-20(26(29)32)8-9-23(28)25(22)33-15-19;/h7-10,12,14-15,18,30H,1-6,11,13H2,(H2,29,32);1H. The number of aromatic nitrogens is 1. The van der Waals surface area contributed by atoms with Gasteiger partial charge in [0.2, 0.25) is 5.91 Å². The van der Waals surface area contributed by atoms with E-state index in [4.69, 9.17) is 10.5 Å². The molecule has 2 aliphatic rings. The van der Waals surface area contributed by atoms with Crippen LogP contribution in [0.4, 0.5) is 8.78 Å². The van der Waals surface area contributed by atoms with Crippen molar-refractivity contribution in [3.8, 4) is 5.75 Å². The number of halogens is 3. The third-order valence-corrected chi connectivity index (χ3v) is 6.86. The van der Waals surface area contributed by atoms with Crippen LogP contribution in [0.5, 0.6) is 5.75 Å². The van der Waals surface area contributed by atoms with Crippen LogP contribution in [0.25, 0.3) is 10.9 Å². The van der Waals surface area contributed by atoms with Gasteiger partial charge in [-0.25, -0.2) is 8.78 Å². The third-order valence-electron chi connectivity index (χ3n) is 6.86. The lowest BCUT2D eigenvalue weighted by molar-refractivity contribution is 0.0998. The lowest BCUT2D eigenvalue weighted by Gasteiger charge is -2.41. The number of unbranched alkanes of at least 4 members (excludes halogenated alkanes) is 1. The van der Waals surface area contributed by atoms with Gasteiger partial charge in [-0.05, 0) is 74.4 Å². The first-order valence-electron chi connectivity index (χ1n) is 11.5. The number of H-pyrrole nitrogens is 1. The molecule has 0 spiro atoms. The molecule has 3 N–H and O–H groups in total. The number of nitrogens with two attached hydrogens (primary N) is 1. The van der Waals surface area contributed by atoms with E-state index in [1.807, 2.05) is 6.20 Å². The summed E-state index contributed by atoms with van der Waals surface area (Å²) in [7, 11) is 0. The zero-order valence-electron chi connectivity index (χ0n) is 18.8. The molecule has 0 unspecified atom stereocenters. The lowest BCUT2D eigenvalue weighted by atomic mass is 9.89. The Kier molecular flexibility index (Phi) is 7.12. The van der Waals surface area contributed by atoms with Gasteiger partial charge in [-0.15, -0.1) is 12.4 Å². The van der Waals surface area contributed by atoms with Crippen molar-refractivity contribution in [2.75, 3.05) is 6.54 Å².